The van der Waals surface area contributed by atoms with Gasteiger partial charge in [-0.3, -0.25) is 4.79 Å². The number of aromatic nitrogens is 3. The van der Waals surface area contributed by atoms with Gasteiger partial charge in [-0.2, -0.15) is 5.10 Å². The van der Waals surface area contributed by atoms with E-state index < -0.39 is 0 Å². The van der Waals surface area contributed by atoms with Crippen LogP contribution in [0.5, 0.6) is 5.75 Å². The molecule has 3 aromatic rings. The quantitative estimate of drug-likeness (QED) is 0.804. The number of rotatable bonds is 4. The third-order valence-electron chi connectivity index (χ3n) is 3.92. The Morgan fingerprint density at radius 2 is 2.09 bits per heavy atom. The maximum atomic E-state index is 12.4. The average Bonchev–Trinajstić information content (AvgIpc) is 3.34. The molecule has 1 amide bonds. The van der Waals surface area contributed by atoms with Crippen LogP contribution in [-0.2, 0) is 0 Å². The lowest BCUT2D eigenvalue weighted by molar-refractivity contribution is 0.102. The first-order valence-electron chi connectivity index (χ1n) is 7.55. The van der Waals surface area contributed by atoms with Crippen LogP contribution in [0.15, 0.2) is 42.6 Å². The van der Waals surface area contributed by atoms with Crippen molar-refractivity contribution in [2.45, 2.75) is 18.8 Å². The zero-order chi connectivity index (χ0) is 15.8. The first-order valence-corrected chi connectivity index (χ1v) is 7.55. The second kappa shape index (κ2) is 5.39. The Kier molecular flexibility index (Phi) is 3.22. The average molecular weight is 308 g/mol. The third kappa shape index (κ3) is 2.63. The van der Waals surface area contributed by atoms with E-state index in [-0.39, 0.29) is 5.91 Å². The van der Waals surface area contributed by atoms with Crippen LogP contribution in [-0.4, -0.2) is 27.6 Å². The number of ether oxygens (including phenoxy) is 1. The number of para-hydroxylation sites is 2. The van der Waals surface area contributed by atoms with Crippen LogP contribution < -0.4 is 10.1 Å². The van der Waals surface area contributed by atoms with Gasteiger partial charge in [0.1, 0.15) is 11.4 Å². The molecule has 116 valence electrons. The zero-order valence-corrected chi connectivity index (χ0v) is 12.7. The van der Waals surface area contributed by atoms with Crippen LogP contribution in [0.2, 0.25) is 0 Å². The van der Waals surface area contributed by atoms with Crippen LogP contribution in [0.1, 0.15) is 34.9 Å². The summed E-state index contributed by atoms with van der Waals surface area (Å²) in [4.78, 5) is 17.0. The summed E-state index contributed by atoms with van der Waals surface area (Å²) in [5.74, 6) is 0.890. The molecule has 23 heavy (non-hydrogen) atoms. The number of amides is 1. The van der Waals surface area contributed by atoms with E-state index in [0.717, 1.165) is 11.3 Å². The summed E-state index contributed by atoms with van der Waals surface area (Å²) in [6.07, 6.45) is 4.28. The fraction of sp³-hybridized carbons (Fsp3) is 0.235. The van der Waals surface area contributed by atoms with Crippen molar-refractivity contribution in [1.82, 2.24) is 14.6 Å². The smallest absolute Gasteiger partial charge is 0.276 e. The summed E-state index contributed by atoms with van der Waals surface area (Å²) in [7, 11) is 1.57. The van der Waals surface area contributed by atoms with Gasteiger partial charge in [-0.15, -0.1) is 0 Å². The summed E-state index contributed by atoms with van der Waals surface area (Å²) in [6.45, 7) is 0. The van der Waals surface area contributed by atoms with Crippen molar-refractivity contribution in [2.75, 3.05) is 12.4 Å². The van der Waals surface area contributed by atoms with Crippen LogP contribution >= 0.6 is 0 Å². The van der Waals surface area contributed by atoms with E-state index in [1.807, 2.05) is 24.4 Å². The molecular formula is C17H16N4O2. The van der Waals surface area contributed by atoms with Gasteiger partial charge in [0.25, 0.3) is 5.91 Å². The van der Waals surface area contributed by atoms with Crippen LogP contribution in [0.25, 0.3) is 5.65 Å². The highest BCUT2D eigenvalue weighted by Gasteiger charge is 2.26. The van der Waals surface area contributed by atoms with Gasteiger partial charge >= 0.3 is 0 Å². The van der Waals surface area contributed by atoms with Crippen LogP contribution in [0, 0.1) is 0 Å². The van der Waals surface area contributed by atoms with E-state index in [9.17, 15) is 4.79 Å². The molecule has 1 N–H and O–H groups in total. The number of carbonyl (C=O) groups excluding carboxylic acids is 1. The largest absolute Gasteiger partial charge is 0.495 e. The Morgan fingerprint density at radius 3 is 2.87 bits per heavy atom. The fourth-order valence-corrected chi connectivity index (χ4v) is 2.53. The summed E-state index contributed by atoms with van der Waals surface area (Å²) in [5, 5.41) is 7.18. The molecule has 6 heteroatoms. The lowest BCUT2D eigenvalue weighted by Crippen LogP contribution is -2.15. The molecule has 1 aliphatic carbocycles. The number of benzene rings is 1. The Morgan fingerprint density at radius 1 is 1.26 bits per heavy atom. The number of anilines is 1. The van der Waals surface area contributed by atoms with Gasteiger partial charge in [0.2, 0.25) is 0 Å². The molecule has 4 rings (SSSR count). The Balaban J connectivity index is 1.61. The number of nitrogens with zero attached hydrogens (tertiary/aromatic N) is 3. The molecule has 2 aromatic heterocycles. The first-order chi connectivity index (χ1) is 11.2. The molecule has 1 aliphatic rings. The van der Waals surface area contributed by atoms with Crippen molar-refractivity contribution in [3.05, 3.63) is 54.0 Å². The second-order valence-electron chi connectivity index (χ2n) is 5.62. The van der Waals surface area contributed by atoms with E-state index in [2.05, 4.69) is 15.4 Å². The minimum Gasteiger partial charge on any atom is -0.495 e. The number of nitrogens with one attached hydrogen (secondary N) is 1. The second-order valence-corrected chi connectivity index (χ2v) is 5.62. The number of carbonyl (C=O) groups is 1. The Bertz CT molecular complexity index is 883. The van der Waals surface area contributed by atoms with Crippen molar-refractivity contribution in [3.8, 4) is 5.75 Å². The van der Waals surface area contributed by atoms with Crippen LogP contribution in [0.3, 0.4) is 0 Å². The normalized spacial score (nSPS) is 14.0. The van der Waals surface area contributed by atoms with Gasteiger partial charge in [-0.25, -0.2) is 9.50 Å². The van der Waals surface area contributed by atoms with Crippen molar-refractivity contribution in [1.29, 1.82) is 0 Å². The molecule has 0 bridgehead atoms. The van der Waals surface area contributed by atoms with Gasteiger partial charge in [0, 0.05) is 5.92 Å². The molecule has 0 aliphatic heterocycles. The minimum absolute atomic E-state index is 0.280. The van der Waals surface area contributed by atoms with Crippen molar-refractivity contribution in [2.24, 2.45) is 0 Å². The summed E-state index contributed by atoms with van der Waals surface area (Å²) < 4.78 is 6.91. The third-order valence-corrected chi connectivity index (χ3v) is 3.92. The van der Waals surface area contributed by atoms with Gasteiger partial charge in [-0.1, -0.05) is 12.1 Å². The first kappa shape index (κ1) is 13.8. The van der Waals surface area contributed by atoms with E-state index in [0.29, 0.717) is 23.0 Å². The number of fused-ring (bicyclic) bond motifs is 1. The van der Waals surface area contributed by atoms with Gasteiger partial charge in [-0.05, 0) is 37.1 Å². The Hall–Kier alpha value is -2.89. The fourth-order valence-electron chi connectivity index (χ4n) is 2.53. The number of hydrogen-bond acceptors (Lipinski definition) is 4. The van der Waals surface area contributed by atoms with E-state index >= 15 is 0 Å². The minimum atomic E-state index is -0.280. The lowest BCUT2D eigenvalue weighted by Gasteiger charge is -2.09. The molecule has 6 nitrogen and oxygen atoms in total. The summed E-state index contributed by atoms with van der Waals surface area (Å²) >= 11 is 0. The molecule has 0 radical (unpaired) electrons. The molecule has 0 spiro atoms. The predicted octanol–water partition coefficient (Wildman–Crippen LogP) is 2.87. The molecule has 1 saturated carbocycles. The monoisotopic (exact) mass is 308 g/mol. The molecule has 0 unspecified atom stereocenters. The maximum absolute atomic E-state index is 12.4. The molecule has 1 fully saturated rings. The van der Waals surface area contributed by atoms with Crippen LogP contribution in [0.4, 0.5) is 5.69 Å². The standard InChI is InChI=1S/C17H16N4O2/c1-23-15-5-3-2-4-12(15)19-17(22)13-8-9-16-18-14(11-6-7-11)10-21(16)20-13/h2-5,8-11H,6-7H2,1H3,(H,19,22). The van der Waals surface area contributed by atoms with Gasteiger partial charge in [0.15, 0.2) is 5.65 Å². The van der Waals surface area contributed by atoms with Crippen molar-refractivity contribution in [3.63, 3.8) is 0 Å². The van der Waals surface area contributed by atoms with Gasteiger partial charge in [0.05, 0.1) is 24.7 Å². The summed E-state index contributed by atoms with van der Waals surface area (Å²) in [5.41, 5.74) is 2.77. The highest BCUT2D eigenvalue weighted by molar-refractivity contribution is 6.03. The molecule has 1 aromatic carbocycles. The van der Waals surface area contributed by atoms with Gasteiger partial charge < -0.3 is 10.1 Å². The topological polar surface area (TPSA) is 68.5 Å². The van der Waals surface area contributed by atoms with Crippen molar-refractivity contribution >= 4 is 17.2 Å². The van der Waals surface area contributed by atoms with E-state index in [4.69, 9.17) is 4.74 Å². The summed E-state index contributed by atoms with van der Waals surface area (Å²) in [6, 6.07) is 10.8. The van der Waals surface area contributed by atoms with E-state index in [1.165, 1.54) is 12.8 Å². The highest BCUT2D eigenvalue weighted by atomic mass is 16.5. The highest BCUT2D eigenvalue weighted by Crippen LogP contribution is 2.39. The molecular weight excluding hydrogens is 292 g/mol. The molecule has 2 heterocycles. The predicted molar refractivity (Wildman–Crippen MR) is 85.9 cm³/mol. The Labute approximate surface area is 133 Å². The molecule has 0 atom stereocenters. The van der Waals surface area contributed by atoms with E-state index in [1.54, 1.807) is 29.8 Å². The number of methoxy groups -OCH3 is 1. The lowest BCUT2D eigenvalue weighted by atomic mass is 10.2. The van der Waals surface area contributed by atoms with Crippen molar-refractivity contribution < 1.29 is 9.53 Å². The maximum Gasteiger partial charge on any atom is 0.276 e. The molecule has 0 saturated heterocycles. The SMILES string of the molecule is COc1ccccc1NC(=O)c1ccc2nc(C3CC3)cn2n1. The number of hydrogen-bond donors (Lipinski definition) is 1. The number of imidazole rings is 1. The zero-order valence-electron chi connectivity index (χ0n) is 12.7.